The Bertz CT molecular complexity index is 2170. The fourth-order valence-electron chi connectivity index (χ4n) is 8.75. The van der Waals surface area contributed by atoms with Crippen molar-refractivity contribution in [2.45, 2.75) is 114 Å². The van der Waals surface area contributed by atoms with Crippen LogP contribution in [0.2, 0.25) is 0 Å². The van der Waals surface area contributed by atoms with Gasteiger partial charge in [-0.25, -0.2) is 37.1 Å². The van der Waals surface area contributed by atoms with Crippen LogP contribution in [0.4, 0.5) is 27.2 Å². The minimum absolute atomic E-state index is 0.164. The second-order valence-corrected chi connectivity index (χ2v) is 17.6. The zero-order valence-corrected chi connectivity index (χ0v) is 32.6. The van der Waals surface area contributed by atoms with Gasteiger partial charge in [0.05, 0.1) is 49.0 Å². The van der Waals surface area contributed by atoms with Gasteiger partial charge >= 0.3 is 12.2 Å². The van der Waals surface area contributed by atoms with E-state index in [1.54, 1.807) is 53.9 Å². The topological polar surface area (TPSA) is 120 Å². The van der Waals surface area contributed by atoms with E-state index in [9.17, 15) is 27.2 Å². The fraction of sp³-hybridized carbons (Fsp3) is 0.512. The van der Waals surface area contributed by atoms with Gasteiger partial charge in [0.2, 0.25) is 0 Å². The molecular formula is C41H47F4N7O4. The van der Waals surface area contributed by atoms with E-state index in [1.165, 1.54) is 11.1 Å². The van der Waals surface area contributed by atoms with E-state index in [-0.39, 0.29) is 23.7 Å². The summed E-state index contributed by atoms with van der Waals surface area (Å²) in [6.45, 7) is 8.69. The van der Waals surface area contributed by atoms with Crippen LogP contribution in [0.1, 0.15) is 114 Å². The first-order chi connectivity index (χ1) is 26.2. The van der Waals surface area contributed by atoms with E-state index < -0.39 is 73.2 Å². The van der Waals surface area contributed by atoms with E-state index in [2.05, 4.69) is 37.9 Å². The van der Waals surface area contributed by atoms with Crippen molar-refractivity contribution < 1.29 is 36.6 Å². The summed E-state index contributed by atoms with van der Waals surface area (Å²) < 4.78 is 69.5. The molecule has 2 amide bonds. The minimum Gasteiger partial charge on any atom is -0.444 e. The maximum absolute atomic E-state index is 14.7. The van der Waals surface area contributed by atoms with Gasteiger partial charge in [-0.15, -0.1) is 0 Å². The van der Waals surface area contributed by atoms with E-state index in [0.29, 0.717) is 11.4 Å². The molecular weight excluding hydrogens is 730 g/mol. The number of rotatable bonds is 5. The van der Waals surface area contributed by atoms with Crippen LogP contribution in [0, 0.1) is 0 Å². The van der Waals surface area contributed by atoms with Gasteiger partial charge in [-0.2, -0.15) is 0 Å². The number of aromatic amines is 2. The maximum atomic E-state index is 14.7. The van der Waals surface area contributed by atoms with Crippen LogP contribution in [0.3, 0.4) is 0 Å². The number of hydrogen-bond acceptors (Lipinski definition) is 7. The van der Waals surface area contributed by atoms with Crippen LogP contribution in [0.5, 0.6) is 0 Å². The molecule has 4 aliphatic heterocycles. The zero-order valence-electron chi connectivity index (χ0n) is 32.6. The smallest absolute Gasteiger partial charge is 0.411 e. The van der Waals surface area contributed by atoms with Crippen molar-refractivity contribution in [1.29, 1.82) is 0 Å². The quantitative estimate of drug-likeness (QED) is 0.194. The average Bonchev–Trinajstić information content (AvgIpc) is 3.95. The molecule has 2 aromatic carbocycles. The first-order valence-electron chi connectivity index (χ1n) is 19.0. The van der Waals surface area contributed by atoms with Crippen molar-refractivity contribution in [2.24, 2.45) is 0 Å². The van der Waals surface area contributed by atoms with Gasteiger partial charge in [0.15, 0.2) is 0 Å². The number of nitrogens with one attached hydrogen (secondary N) is 2. The molecule has 3 fully saturated rings. The van der Waals surface area contributed by atoms with Crippen LogP contribution in [0.25, 0.3) is 33.6 Å². The van der Waals surface area contributed by atoms with E-state index in [4.69, 9.17) is 9.47 Å². The highest BCUT2D eigenvalue weighted by atomic mass is 19.3. The number of alkyl halides is 4. The van der Waals surface area contributed by atoms with Gasteiger partial charge in [-0.05, 0) is 89.2 Å². The van der Waals surface area contributed by atoms with Gasteiger partial charge < -0.3 is 19.4 Å². The number of H-pyrrole nitrogens is 2. The lowest BCUT2D eigenvalue weighted by Crippen LogP contribution is -2.38. The number of nitrogens with zero attached hydrogens (tertiary/aromatic N) is 5. The van der Waals surface area contributed by atoms with Gasteiger partial charge in [0.25, 0.3) is 11.8 Å². The lowest BCUT2D eigenvalue weighted by molar-refractivity contribution is -0.00248. The number of amides is 2. The van der Waals surface area contributed by atoms with Gasteiger partial charge in [0.1, 0.15) is 22.9 Å². The summed E-state index contributed by atoms with van der Waals surface area (Å²) in [5, 5.41) is 0. The number of aromatic nitrogens is 4. The summed E-state index contributed by atoms with van der Waals surface area (Å²) in [5.41, 5.74) is 5.84. The number of ether oxygens (including phenoxy) is 2. The molecule has 0 spiro atoms. The molecule has 3 saturated heterocycles. The van der Waals surface area contributed by atoms with Crippen molar-refractivity contribution in [3.8, 4) is 33.6 Å². The molecule has 2 N–H and O–H groups in total. The van der Waals surface area contributed by atoms with E-state index in [1.807, 2.05) is 30.3 Å². The molecule has 0 saturated carbocycles. The Morgan fingerprint density at radius 2 is 1.09 bits per heavy atom. The average molecular weight is 778 g/mol. The monoisotopic (exact) mass is 777 g/mol. The van der Waals surface area contributed by atoms with Crippen molar-refractivity contribution in [3.05, 3.63) is 71.6 Å². The maximum Gasteiger partial charge on any atom is 0.411 e. The highest BCUT2D eigenvalue weighted by molar-refractivity contribution is 5.80. The molecule has 6 heterocycles. The summed E-state index contributed by atoms with van der Waals surface area (Å²) >= 11 is 0. The molecule has 4 aromatic rings. The fourth-order valence-corrected chi connectivity index (χ4v) is 8.75. The second kappa shape index (κ2) is 13.1. The number of benzene rings is 2. The third-order valence-electron chi connectivity index (χ3n) is 11.1. The summed E-state index contributed by atoms with van der Waals surface area (Å²) in [4.78, 5) is 45.8. The van der Waals surface area contributed by atoms with Crippen LogP contribution in [-0.2, 0) is 9.47 Å². The molecule has 4 aliphatic rings. The Hall–Kier alpha value is -4.92. The van der Waals surface area contributed by atoms with Crippen LogP contribution < -0.4 is 0 Å². The Kier molecular flexibility index (Phi) is 8.86. The number of hydrogen-bond donors (Lipinski definition) is 2. The van der Waals surface area contributed by atoms with Crippen molar-refractivity contribution >= 4 is 12.2 Å². The summed E-state index contributed by atoms with van der Waals surface area (Å²) in [6.07, 6.45) is 2.50. The van der Waals surface area contributed by atoms with Crippen molar-refractivity contribution in [1.82, 2.24) is 34.6 Å². The standard InChI is InChI=1S/C41H47F4N7O4/c1-38(2,3)55-36(53)51-20-40(42,43)16-30(51)34-46-18-26(48-34)23-10-8-22(9-11-23)24-12-13-25(33-29-15-14-28(32(24)33)50(29)7)27-19-47-35(49-27)31-17-41(44,45)21-52(31)37(54)56-39(4,5)6/h8-13,18-19,28-31H,14-17,20-21H2,1-7H3,(H,46,48)(H,47,49)/t28?,29?,30-,31-/m0/s1. The number of halogens is 4. The van der Waals surface area contributed by atoms with Gasteiger partial charge in [0, 0.05) is 30.5 Å². The van der Waals surface area contributed by atoms with Crippen LogP contribution in [0.15, 0.2) is 48.8 Å². The predicted molar refractivity (Wildman–Crippen MR) is 200 cm³/mol. The second-order valence-electron chi connectivity index (χ2n) is 17.6. The van der Waals surface area contributed by atoms with E-state index in [0.717, 1.165) is 44.9 Å². The summed E-state index contributed by atoms with van der Waals surface area (Å²) in [5.74, 6) is -5.60. The first kappa shape index (κ1) is 38.0. The number of likely N-dealkylation sites (tertiary alicyclic amines) is 2. The highest BCUT2D eigenvalue weighted by Crippen LogP contribution is 2.57. The molecule has 11 nitrogen and oxygen atoms in total. The molecule has 2 aromatic heterocycles. The minimum atomic E-state index is -3.08. The molecule has 8 rings (SSSR count). The normalized spacial score (nSPS) is 24.2. The van der Waals surface area contributed by atoms with Crippen LogP contribution in [-0.4, -0.2) is 90.0 Å². The summed E-state index contributed by atoms with van der Waals surface area (Å²) in [7, 11) is 2.12. The number of carbonyl (C=O) groups is 2. The Morgan fingerprint density at radius 3 is 1.59 bits per heavy atom. The Labute approximate surface area is 322 Å². The highest BCUT2D eigenvalue weighted by Gasteiger charge is 2.51. The van der Waals surface area contributed by atoms with Crippen LogP contribution >= 0.6 is 0 Å². The zero-order chi connectivity index (χ0) is 40.1. The largest absolute Gasteiger partial charge is 0.444 e. The third kappa shape index (κ3) is 7.03. The molecule has 15 heteroatoms. The Morgan fingerprint density at radius 1 is 0.661 bits per heavy atom. The first-order valence-corrected chi connectivity index (χ1v) is 19.0. The molecule has 2 bridgehead atoms. The molecule has 0 aliphatic carbocycles. The number of imidazole rings is 2. The SMILES string of the molecule is CN1C2CCC1c1c(-c3cnc([C@@H]4CC(F)(F)CN4C(=O)OC(C)(C)C)[nH]3)ccc(-c3ccc(-c4cnc([C@@H]5CC(F)(F)CN5C(=O)OC(C)(C)C)[nH]4)cc3)c12. The number of carbonyl (C=O) groups excluding carboxylic acids is 2. The van der Waals surface area contributed by atoms with Gasteiger partial charge in [-0.3, -0.25) is 14.7 Å². The van der Waals surface area contributed by atoms with Gasteiger partial charge in [-0.1, -0.05) is 36.4 Å². The van der Waals surface area contributed by atoms with Crippen molar-refractivity contribution in [3.63, 3.8) is 0 Å². The van der Waals surface area contributed by atoms with E-state index >= 15 is 0 Å². The molecule has 56 heavy (non-hydrogen) atoms. The Balaban J connectivity index is 1.07. The summed E-state index contributed by atoms with van der Waals surface area (Å²) in [6, 6.07) is 10.5. The van der Waals surface area contributed by atoms with Crippen molar-refractivity contribution in [2.75, 3.05) is 20.1 Å². The lowest BCUT2D eigenvalue weighted by Gasteiger charge is -2.27. The lowest BCUT2D eigenvalue weighted by atomic mass is 9.82. The molecule has 298 valence electrons. The number of fused-ring (bicyclic) bond motifs is 5. The molecule has 0 radical (unpaired) electrons. The third-order valence-corrected chi connectivity index (χ3v) is 11.1. The molecule has 2 unspecified atom stereocenters. The predicted octanol–water partition coefficient (Wildman–Crippen LogP) is 9.59. The molecule has 4 atom stereocenters.